The average molecular weight is 267 g/mol. The van der Waals surface area contributed by atoms with E-state index in [0.29, 0.717) is 11.5 Å². The van der Waals surface area contributed by atoms with Gasteiger partial charge in [0.25, 0.3) is 0 Å². The summed E-state index contributed by atoms with van der Waals surface area (Å²) in [6.45, 7) is 1.90. The van der Waals surface area contributed by atoms with E-state index in [-0.39, 0.29) is 12.1 Å². The molecule has 0 bridgehead atoms. The molecule has 0 amide bonds. The van der Waals surface area contributed by atoms with E-state index in [9.17, 15) is 10.2 Å². The topological polar surface area (TPSA) is 62.2 Å². The third-order valence-electron chi connectivity index (χ3n) is 4.00. The normalized spacial score (nSPS) is 31.5. The van der Waals surface area contributed by atoms with Crippen molar-refractivity contribution in [2.75, 3.05) is 21.3 Å². The molecule has 0 radical (unpaired) electrons. The molecular weight excluding hydrogens is 246 g/mol. The first-order valence-corrected chi connectivity index (χ1v) is 6.31. The lowest BCUT2D eigenvalue weighted by atomic mass is 10.0. The number of likely N-dealkylation sites (tertiary alicyclic amines) is 1. The summed E-state index contributed by atoms with van der Waals surface area (Å²) in [7, 11) is 5.05. The van der Waals surface area contributed by atoms with E-state index in [1.54, 1.807) is 14.2 Å². The maximum absolute atomic E-state index is 10.2. The Morgan fingerprint density at radius 1 is 1.05 bits per heavy atom. The van der Waals surface area contributed by atoms with Crippen molar-refractivity contribution in [3.05, 3.63) is 23.8 Å². The largest absolute Gasteiger partial charge is 0.493 e. The molecule has 0 saturated carbocycles. The molecule has 1 aliphatic rings. The number of hydrogen-bond donors (Lipinski definition) is 2. The van der Waals surface area contributed by atoms with Crippen LogP contribution < -0.4 is 9.47 Å². The van der Waals surface area contributed by atoms with Crippen LogP contribution in [0.1, 0.15) is 18.5 Å². The Morgan fingerprint density at radius 2 is 1.68 bits per heavy atom. The maximum atomic E-state index is 10.2. The minimum Gasteiger partial charge on any atom is -0.493 e. The molecule has 0 aliphatic carbocycles. The van der Waals surface area contributed by atoms with Crippen molar-refractivity contribution >= 4 is 0 Å². The molecule has 0 aromatic heterocycles. The fraction of sp³-hybridized carbons (Fsp3) is 0.571. The van der Waals surface area contributed by atoms with Gasteiger partial charge in [0, 0.05) is 6.04 Å². The van der Waals surface area contributed by atoms with Gasteiger partial charge < -0.3 is 19.7 Å². The van der Waals surface area contributed by atoms with E-state index >= 15 is 0 Å². The first-order valence-electron chi connectivity index (χ1n) is 6.31. The molecule has 19 heavy (non-hydrogen) atoms. The first-order chi connectivity index (χ1) is 9.01. The van der Waals surface area contributed by atoms with Crippen molar-refractivity contribution in [2.24, 2.45) is 0 Å². The van der Waals surface area contributed by atoms with Gasteiger partial charge >= 0.3 is 0 Å². The van der Waals surface area contributed by atoms with Crippen molar-refractivity contribution in [1.29, 1.82) is 0 Å². The Morgan fingerprint density at radius 3 is 2.16 bits per heavy atom. The van der Waals surface area contributed by atoms with Gasteiger partial charge in [-0.3, -0.25) is 4.90 Å². The fourth-order valence-electron chi connectivity index (χ4n) is 2.68. The van der Waals surface area contributed by atoms with E-state index < -0.39 is 12.2 Å². The standard InChI is InChI=1S/C14H21NO4/c1-8-13(16)14(17)12(15(8)2)9-5-6-10(18-3)11(7-9)19-4/h5-8,12-14,16-17H,1-4H3/t8-,12?,13-,14-/m1/s1. The van der Waals surface area contributed by atoms with E-state index in [2.05, 4.69) is 0 Å². The predicted octanol–water partition coefficient (Wildman–Crippen LogP) is 0.801. The minimum absolute atomic E-state index is 0.0897. The van der Waals surface area contributed by atoms with Gasteiger partial charge in [-0.1, -0.05) is 6.07 Å². The molecule has 5 nitrogen and oxygen atoms in total. The summed E-state index contributed by atoms with van der Waals surface area (Å²) < 4.78 is 10.5. The second-order valence-electron chi connectivity index (χ2n) is 4.95. The summed E-state index contributed by atoms with van der Waals surface area (Å²) in [5.41, 5.74) is 0.899. The zero-order valence-corrected chi connectivity index (χ0v) is 11.7. The van der Waals surface area contributed by atoms with Gasteiger partial charge in [-0.15, -0.1) is 0 Å². The quantitative estimate of drug-likeness (QED) is 0.848. The predicted molar refractivity (Wildman–Crippen MR) is 71.5 cm³/mol. The molecule has 1 heterocycles. The monoisotopic (exact) mass is 267 g/mol. The lowest BCUT2D eigenvalue weighted by molar-refractivity contribution is 0.0300. The van der Waals surface area contributed by atoms with Gasteiger partial charge in [0.2, 0.25) is 0 Å². The van der Waals surface area contributed by atoms with Gasteiger partial charge in [-0.05, 0) is 31.7 Å². The molecule has 1 aromatic rings. The Balaban J connectivity index is 2.37. The van der Waals surface area contributed by atoms with Crippen molar-refractivity contribution in [1.82, 2.24) is 4.90 Å². The van der Waals surface area contributed by atoms with Gasteiger partial charge in [0.05, 0.1) is 26.4 Å². The van der Waals surface area contributed by atoms with Gasteiger partial charge in [0.15, 0.2) is 11.5 Å². The number of likely N-dealkylation sites (N-methyl/N-ethyl adjacent to an activating group) is 1. The van der Waals surface area contributed by atoms with Crippen LogP contribution in [-0.2, 0) is 0 Å². The zero-order chi connectivity index (χ0) is 14.2. The number of ether oxygens (including phenoxy) is 2. The molecule has 2 N–H and O–H groups in total. The smallest absolute Gasteiger partial charge is 0.161 e. The van der Waals surface area contributed by atoms with E-state index in [4.69, 9.17) is 9.47 Å². The maximum Gasteiger partial charge on any atom is 0.161 e. The molecule has 106 valence electrons. The third kappa shape index (κ3) is 2.29. The van der Waals surface area contributed by atoms with Crippen molar-refractivity contribution in [3.63, 3.8) is 0 Å². The Hall–Kier alpha value is -1.30. The number of hydrogen-bond acceptors (Lipinski definition) is 5. The van der Waals surface area contributed by atoms with Crippen LogP contribution in [0.15, 0.2) is 18.2 Å². The Bertz CT molecular complexity index is 437. The first kappa shape index (κ1) is 14.1. The molecule has 4 atom stereocenters. The van der Waals surface area contributed by atoms with Gasteiger partial charge in [-0.2, -0.15) is 0 Å². The van der Waals surface area contributed by atoms with Gasteiger partial charge in [-0.25, -0.2) is 0 Å². The molecule has 1 aromatic carbocycles. The minimum atomic E-state index is -0.807. The molecule has 1 saturated heterocycles. The number of methoxy groups -OCH3 is 2. The number of nitrogens with zero attached hydrogens (tertiary/aromatic N) is 1. The molecule has 2 rings (SSSR count). The highest BCUT2D eigenvalue weighted by atomic mass is 16.5. The van der Waals surface area contributed by atoms with Crippen LogP contribution in [0, 0.1) is 0 Å². The number of aliphatic hydroxyl groups excluding tert-OH is 2. The lowest BCUT2D eigenvalue weighted by Gasteiger charge is -2.25. The average Bonchev–Trinajstić information content (AvgIpc) is 2.62. The SMILES string of the molecule is COc1ccc(C2[C@@H](O)[C@H](O)[C@@H](C)N2C)cc1OC. The Labute approximate surface area is 113 Å². The molecule has 1 unspecified atom stereocenters. The second kappa shape index (κ2) is 5.36. The van der Waals surface area contributed by atoms with Crippen LogP contribution in [0.5, 0.6) is 11.5 Å². The summed E-state index contributed by atoms with van der Waals surface area (Å²) in [5.74, 6) is 1.27. The summed E-state index contributed by atoms with van der Waals surface area (Å²) in [6.07, 6.45) is -1.55. The van der Waals surface area contributed by atoms with Crippen LogP contribution in [0.2, 0.25) is 0 Å². The Kier molecular flexibility index (Phi) is 3.99. The molecular formula is C14H21NO4. The summed E-state index contributed by atoms with van der Waals surface area (Å²) >= 11 is 0. The lowest BCUT2D eigenvalue weighted by Crippen LogP contribution is -2.30. The third-order valence-corrected chi connectivity index (χ3v) is 4.00. The summed E-state index contributed by atoms with van der Waals surface area (Å²) in [6, 6.07) is 5.20. The summed E-state index contributed by atoms with van der Waals surface area (Å²) in [5, 5.41) is 20.1. The van der Waals surface area contributed by atoms with Crippen LogP contribution in [-0.4, -0.2) is 54.6 Å². The highest BCUT2D eigenvalue weighted by molar-refractivity contribution is 5.44. The van der Waals surface area contributed by atoms with Crippen LogP contribution in [0.4, 0.5) is 0 Å². The molecule has 0 spiro atoms. The highest BCUT2D eigenvalue weighted by Crippen LogP contribution is 2.38. The fourth-order valence-corrected chi connectivity index (χ4v) is 2.68. The van der Waals surface area contributed by atoms with E-state index in [0.717, 1.165) is 5.56 Å². The van der Waals surface area contributed by atoms with Crippen molar-refractivity contribution < 1.29 is 19.7 Å². The van der Waals surface area contributed by atoms with Crippen LogP contribution in [0.25, 0.3) is 0 Å². The van der Waals surface area contributed by atoms with E-state index in [1.165, 1.54) is 0 Å². The van der Waals surface area contributed by atoms with Crippen LogP contribution >= 0.6 is 0 Å². The highest BCUT2D eigenvalue weighted by Gasteiger charge is 2.44. The number of benzene rings is 1. The summed E-state index contributed by atoms with van der Waals surface area (Å²) in [4.78, 5) is 1.97. The van der Waals surface area contributed by atoms with Gasteiger partial charge in [0.1, 0.15) is 6.10 Å². The molecule has 5 heteroatoms. The molecule has 1 fully saturated rings. The van der Waals surface area contributed by atoms with Crippen molar-refractivity contribution in [3.8, 4) is 11.5 Å². The van der Waals surface area contributed by atoms with Crippen molar-refractivity contribution in [2.45, 2.75) is 31.2 Å². The molecule has 1 aliphatic heterocycles. The second-order valence-corrected chi connectivity index (χ2v) is 4.95. The number of aliphatic hydroxyl groups is 2. The van der Waals surface area contributed by atoms with E-state index in [1.807, 2.05) is 37.1 Å². The number of rotatable bonds is 3. The zero-order valence-electron chi connectivity index (χ0n) is 11.7. The van der Waals surface area contributed by atoms with Crippen LogP contribution in [0.3, 0.4) is 0 Å².